The Balaban J connectivity index is 1.57. The molecule has 1 heterocycles. The number of nitrogens with two attached hydrogens (primary N) is 1. The lowest BCUT2D eigenvalue weighted by atomic mass is 9.58. The summed E-state index contributed by atoms with van der Waals surface area (Å²) in [5, 5.41) is 56.6. The van der Waals surface area contributed by atoms with Crippen molar-refractivity contribution in [1.82, 2.24) is 20.2 Å². The predicted octanol–water partition coefficient (Wildman–Crippen LogP) is -0.454. The third kappa shape index (κ3) is 4.10. The number of aromatic nitrogens is 2. The van der Waals surface area contributed by atoms with Crippen molar-refractivity contribution in [2.75, 3.05) is 14.1 Å². The van der Waals surface area contributed by atoms with Crippen molar-refractivity contribution in [3.8, 4) is 11.6 Å². The Labute approximate surface area is 232 Å². The zero-order valence-electron chi connectivity index (χ0n) is 22.0. The molecule has 8 N–H and O–H groups in total. The van der Waals surface area contributed by atoms with E-state index in [1.807, 2.05) is 0 Å². The van der Waals surface area contributed by atoms with Gasteiger partial charge in [-0.2, -0.15) is 0 Å². The predicted molar refractivity (Wildman–Crippen MR) is 139 cm³/mol. The Hall–Kier alpha value is -4.82. The number of aromatic hydroxyl groups is 2. The number of carbonyl (C=O) groups is 4. The van der Waals surface area contributed by atoms with E-state index in [-0.39, 0.29) is 36.2 Å². The maximum Gasteiger partial charge on any atom is 0.270 e. The first-order chi connectivity index (χ1) is 19.3. The molecule has 1 aromatic heterocycles. The Kier molecular flexibility index (Phi) is 6.54. The van der Waals surface area contributed by atoms with Gasteiger partial charge in [-0.15, -0.1) is 0 Å². The van der Waals surface area contributed by atoms with Crippen LogP contribution in [0, 0.1) is 11.8 Å². The van der Waals surface area contributed by atoms with Crippen molar-refractivity contribution >= 4 is 23.4 Å². The average molecular weight is 566 g/mol. The zero-order chi connectivity index (χ0) is 30.0. The van der Waals surface area contributed by atoms with Crippen molar-refractivity contribution < 1.29 is 44.7 Å². The van der Waals surface area contributed by atoms with Gasteiger partial charge in [0.25, 0.3) is 11.8 Å². The molecule has 0 spiro atoms. The van der Waals surface area contributed by atoms with Gasteiger partial charge in [-0.1, -0.05) is 6.07 Å². The van der Waals surface area contributed by atoms with Gasteiger partial charge in [0.2, 0.25) is 11.7 Å². The molecular weight excluding hydrogens is 538 g/mol. The van der Waals surface area contributed by atoms with Gasteiger partial charge in [-0.05, 0) is 50.0 Å². The van der Waals surface area contributed by atoms with Gasteiger partial charge in [0.1, 0.15) is 34.9 Å². The lowest BCUT2D eigenvalue weighted by Crippen LogP contribution is -2.63. The van der Waals surface area contributed by atoms with E-state index >= 15 is 0 Å². The van der Waals surface area contributed by atoms with Crippen molar-refractivity contribution in [3.63, 3.8) is 0 Å². The number of hydrogen-bond acceptors (Lipinski definition) is 12. The van der Waals surface area contributed by atoms with Crippen LogP contribution in [0.1, 0.15) is 38.4 Å². The summed E-state index contributed by atoms with van der Waals surface area (Å²) in [5.74, 6) is -8.40. The smallest absolute Gasteiger partial charge is 0.270 e. The monoisotopic (exact) mass is 565 g/mol. The number of phenols is 1. The Morgan fingerprint density at radius 2 is 1.85 bits per heavy atom. The third-order valence-corrected chi connectivity index (χ3v) is 8.03. The van der Waals surface area contributed by atoms with E-state index in [4.69, 9.17) is 5.73 Å². The molecule has 14 heteroatoms. The first-order valence-corrected chi connectivity index (χ1v) is 12.6. The number of ketones is 2. The molecule has 3 aliphatic rings. The Bertz CT molecular complexity index is 1600. The third-order valence-electron chi connectivity index (χ3n) is 8.03. The van der Waals surface area contributed by atoms with E-state index in [1.165, 1.54) is 17.0 Å². The second kappa shape index (κ2) is 9.67. The highest BCUT2D eigenvalue weighted by Crippen LogP contribution is 2.52. The summed E-state index contributed by atoms with van der Waals surface area (Å²) in [6, 6.07) is 2.74. The van der Waals surface area contributed by atoms with Crippen LogP contribution < -0.4 is 11.1 Å². The van der Waals surface area contributed by atoms with Gasteiger partial charge < -0.3 is 36.6 Å². The number of allylic oxidation sites excluding steroid dienone is 1. The van der Waals surface area contributed by atoms with E-state index < -0.39 is 75.6 Å². The number of aliphatic hydroxyl groups is 3. The minimum Gasteiger partial charge on any atom is -0.510 e. The molecule has 4 atom stereocenters. The van der Waals surface area contributed by atoms with E-state index in [2.05, 4.69) is 15.3 Å². The number of nitrogens with zero attached hydrogens (tertiary/aromatic N) is 3. The van der Waals surface area contributed by atoms with Gasteiger partial charge in [0, 0.05) is 24.1 Å². The molecule has 0 saturated heterocycles. The minimum atomic E-state index is -2.73. The molecule has 5 rings (SSSR count). The van der Waals surface area contributed by atoms with E-state index in [0.717, 1.165) is 12.4 Å². The van der Waals surface area contributed by atoms with E-state index in [1.54, 1.807) is 14.1 Å². The number of hydrogen-bond donors (Lipinski definition) is 7. The Morgan fingerprint density at radius 3 is 2.49 bits per heavy atom. The van der Waals surface area contributed by atoms with Crippen molar-refractivity contribution in [2.24, 2.45) is 17.6 Å². The van der Waals surface area contributed by atoms with Crippen LogP contribution in [0.3, 0.4) is 0 Å². The van der Waals surface area contributed by atoms with Gasteiger partial charge >= 0.3 is 0 Å². The summed E-state index contributed by atoms with van der Waals surface area (Å²) in [6.45, 7) is -0.0884. The summed E-state index contributed by atoms with van der Waals surface area (Å²) in [7, 11) is 3.09. The van der Waals surface area contributed by atoms with Crippen LogP contribution in [-0.4, -0.2) is 89.5 Å². The van der Waals surface area contributed by atoms with Crippen LogP contribution in [0.25, 0.3) is 0 Å². The number of benzene rings is 1. The molecule has 41 heavy (non-hydrogen) atoms. The largest absolute Gasteiger partial charge is 0.510 e. The number of likely N-dealkylation sites (N-methyl/N-ethyl adjacent to an activating group) is 1. The summed E-state index contributed by atoms with van der Waals surface area (Å²) in [5.41, 5.74) is 2.04. The number of fused-ring (bicyclic) bond motifs is 3. The Morgan fingerprint density at radius 1 is 1.15 bits per heavy atom. The lowest BCUT2D eigenvalue weighted by Gasteiger charge is -2.50. The summed E-state index contributed by atoms with van der Waals surface area (Å²) in [4.78, 5) is 60.5. The SMILES string of the molecule is CN(C)C1C(O)=C(C(N)=O)C(=O)[C@@]2(O)C(O)=C3C(=O)c4c(O)ccc(CNC(=O)c5cc(O)ncn5)c4C[C@H]3C[C@@H]12. The van der Waals surface area contributed by atoms with Gasteiger partial charge in [-0.3, -0.25) is 24.1 Å². The first-order valence-electron chi connectivity index (χ1n) is 12.6. The average Bonchev–Trinajstić information content (AvgIpc) is 2.89. The second-order valence-corrected chi connectivity index (χ2v) is 10.5. The lowest BCUT2D eigenvalue weighted by molar-refractivity contribution is -0.148. The highest BCUT2D eigenvalue weighted by Gasteiger charge is 2.63. The van der Waals surface area contributed by atoms with Crippen molar-refractivity contribution in [1.29, 1.82) is 0 Å². The van der Waals surface area contributed by atoms with Gasteiger partial charge in [-0.25, -0.2) is 9.97 Å². The fraction of sp³-hybridized carbons (Fsp3) is 0.333. The molecule has 2 amide bonds. The maximum absolute atomic E-state index is 13.8. The molecule has 0 radical (unpaired) electrons. The maximum atomic E-state index is 13.8. The van der Waals surface area contributed by atoms with Crippen LogP contribution in [0.5, 0.6) is 11.6 Å². The highest BCUT2D eigenvalue weighted by molar-refractivity contribution is 6.24. The standard InChI is InChI=1S/C27H27N5O9/c1-32(2)20-13-6-11-5-12-10(8-29-26(40)14-7-16(34)31-9-30-14)3-4-15(33)18(12)21(35)17(11)23(37)27(13,41)24(38)19(22(20)36)25(28)39/h3-4,7,9,11,13,20,33,36-37,41H,5-6,8H2,1-2H3,(H2,28,39)(H,29,40)(H,30,31,34)/t11-,13-,20?,27-/m0/s1. The van der Waals surface area contributed by atoms with Crippen molar-refractivity contribution in [3.05, 3.63) is 69.6 Å². The topological polar surface area (TPSA) is 236 Å². The molecule has 214 valence electrons. The number of rotatable bonds is 5. The van der Waals surface area contributed by atoms with Crippen LogP contribution in [0.15, 0.2) is 47.2 Å². The molecule has 0 bridgehead atoms. The molecule has 1 aromatic carbocycles. The molecule has 1 unspecified atom stereocenters. The first kappa shape index (κ1) is 27.7. The quantitative estimate of drug-likeness (QED) is 0.228. The van der Waals surface area contributed by atoms with Crippen molar-refractivity contribution in [2.45, 2.75) is 31.0 Å². The molecular formula is C27H27N5O9. The van der Waals surface area contributed by atoms with Gasteiger partial charge in [0.15, 0.2) is 11.4 Å². The number of primary amides is 1. The fourth-order valence-electron chi connectivity index (χ4n) is 6.22. The van der Waals surface area contributed by atoms with Crippen LogP contribution in [0.4, 0.5) is 0 Å². The van der Waals surface area contributed by atoms with E-state index in [0.29, 0.717) is 11.1 Å². The number of phenolic OH excluding ortho intramolecular Hbond substituents is 1. The second-order valence-electron chi connectivity index (χ2n) is 10.5. The number of Topliss-reactive ketones (excluding diaryl/α,β-unsaturated/α-hetero) is 2. The molecule has 0 aliphatic heterocycles. The van der Waals surface area contributed by atoms with Crippen LogP contribution in [-0.2, 0) is 22.6 Å². The minimum absolute atomic E-state index is 0.0621. The summed E-state index contributed by atoms with van der Waals surface area (Å²) >= 11 is 0. The summed E-state index contributed by atoms with van der Waals surface area (Å²) in [6.07, 6.45) is 1.03. The number of nitrogens with one attached hydrogen (secondary N) is 1. The normalized spacial score (nSPS) is 25.5. The molecule has 14 nitrogen and oxygen atoms in total. The zero-order valence-corrected chi connectivity index (χ0v) is 22.0. The molecule has 3 aliphatic carbocycles. The van der Waals surface area contributed by atoms with Gasteiger partial charge in [0.05, 0.1) is 11.6 Å². The van der Waals surface area contributed by atoms with E-state index in [9.17, 15) is 44.7 Å². The van der Waals surface area contributed by atoms with Crippen LogP contribution >= 0.6 is 0 Å². The molecule has 0 fully saturated rings. The molecule has 0 saturated carbocycles. The van der Waals surface area contributed by atoms with Crippen LogP contribution in [0.2, 0.25) is 0 Å². The highest BCUT2D eigenvalue weighted by atomic mass is 16.3. The number of aliphatic hydroxyl groups excluding tert-OH is 2. The number of carbonyl (C=O) groups excluding carboxylic acids is 4. The molecule has 2 aromatic rings. The number of amides is 2. The summed E-state index contributed by atoms with van der Waals surface area (Å²) < 4.78 is 0. The fourth-order valence-corrected chi connectivity index (χ4v) is 6.22.